The van der Waals surface area contributed by atoms with E-state index < -0.39 is 41.0 Å². The summed E-state index contributed by atoms with van der Waals surface area (Å²) in [5.41, 5.74) is -3.99. The van der Waals surface area contributed by atoms with Crippen LogP contribution in [0, 0.1) is 17.0 Å². The number of benzene rings is 1. The molecule has 1 fully saturated rings. The smallest absolute Gasteiger partial charge is 0.317 e. The van der Waals surface area contributed by atoms with E-state index in [1.165, 1.54) is 21.0 Å². The molecule has 1 N–H and O–H groups in total. The highest BCUT2D eigenvalue weighted by molar-refractivity contribution is 6.31. The average molecular weight is 458 g/mol. The number of carbonyl (C=O) groups excluding carboxylic acids is 1. The van der Waals surface area contributed by atoms with Crippen molar-refractivity contribution in [3.8, 4) is 5.88 Å². The van der Waals surface area contributed by atoms with Crippen LogP contribution in [0.2, 0.25) is 5.02 Å². The second kappa shape index (κ2) is 7.99. The Morgan fingerprint density at radius 1 is 1.29 bits per heavy atom. The molecule has 11 heteroatoms. The number of nitrogens with zero attached hydrogens (tertiary/aromatic N) is 3. The van der Waals surface area contributed by atoms with Crippen LogP contribution in [0.25, 0.3) is 0 Å². The number of rotatable bonds is 8. The zero-order valence-corrected chi connectivity index (χ0v) is 17.6. The fourth-order valence-corrected chi connectivity index (χ4v) is 3.22. The predicted octanol–water partition coefficient (Wildman–Crippen LogP) is 4.35. The molecule has 1 aliphatic rings. The maximum absolute atomic E-state index is 14.5. The van der Waals surface area contributed by atoms with Gasteiger partial charge in [0, 0.05) is 6.07 Å². The molecule has 0 atom stereocenters. The molecule has 1 saturated carbocycles. The zero-order valence-electron chi connectivity index (χ0n) is 16.9. The first-order valence-electron chi connectivity index (χ1n) is 9.20. The molecular formula is C20H19ClF3N3O4. The molecule has 166 valence electrons. The summed E-state index contributed by atoms with van der Waals surface area (Å²) < 4.78 is 47.7. The van der Waals surface area contributed by atoms with Crippen molar-refractivity contribution >= 4 is 34.9 Å². The van der Waals surface area contributed by atoms with Crippen molar-refractivity contribution in [3.63, 3.8) is 0 Å². The Kier molecular flexibility index (Phi) is 5.88. The molecule has 0 radical (unpaired) electrons. The SMILES string of the molecule is COc1nc(N(CC(C)(C)F)c2cc(Cl)c(F)cc2F)cnc1C(=O)C1(C(=O)O)CC1. The number of halogens is 4. The second-order valence-electron chi connectivity index (χ2n) is 7.83. The highest BCUT2D eigenvalue weighted by atomic mass is 35.5. The van der Waals surface area contributed by atoms with Crippen molar-refractivity contribution in [1.82, 2.24) is 9.97 Å². The largest absolute Gasteiger partial charge is 0.480 e. The monoisotopic (exact) mass is 457 g/mol. The summed E-state index contributed by atoms with van der Waals surface area (Å²) in [6, 6.07) is 1.54. The molecule has 1 aromatic carbocycles. The standard InChI is InChI=1S/C20H19ClF3N3O4/c1-19(2,24)9-27(13-6-10(21)11(22)7-12(13)23)14-8-25-15(17(26-14)31-3)16(28)20(4-5-20)18(29)30/h6-8H,4-5,9H2,1-3H3,(H,29,30). The number of Topliss-reactive ketones (excluding diaryl/α,β-unsaturated/α-hetero) is 1. The van der Waals surface area contributed by atoms with Gasteiger partial charge in [0.2, 0.25) is 11.7 Å². The molecule has 0 unspecified atom stereocenters. The van der Waals surface area contributed by atoms with E-state index in [9.17, 15) is 27.9 Å². The Hall–Kier alpha value is -2.88. The number of hydrogen-bond donors (Lipinski definition) is 1. The number of aliphatic carboxylic acids is 1. The lowest BCUT2D eigenvalue weighted by Crippen LogP contribution is -2.34. The van der Waals surface area contributed by atoms with Crippen LogP contribution in [-0.4, -0.2) is 46.2 Å². The van der Waals surface area contributed by atoms with E-state index >= 15 is 0 Å². The van der Waals surface area contributed by atoms with Gasteiger partial charge in [0.25, 0.3) is 0 Å². The van der Waals surface area contributed by atoms with Gasteiger partial charge in [-0.3, -0.25) is 9.59 Å². The third-order valence-electron chi connectivity index (χ3n) is 4.82. The molecule has 1 heterocycles. The normalized spacial score (nSPS) is 14.8. The second-order valence-corrected chi connectivity index (χ2v) is 8.23. The molecule has 2 aromatic rings. The lowest BCUT2D eigenvalue weighted by Gasteiger charge is -2.29. The van der Waals surface area contributed by atoms with Crippen LogP contribution in [0.1, 0.15) is 37.2 Å². The lowest BCUT2D eigenvalue weighted by atomic mass is 9.98. The molecular weight excluding hydrogens is 439 g/mol. The number of ether oxygens (including phenoxy) is 1. The van der Waals surface area contributed by atoms with Gasteiger partial charge in [0.15, 0.2) is 11.5 Å². The van der Waals surface area contributed by atoms with Gasteiger partial charge < -0.3 is 14.7 Å². The van der Waals surface area contributed by atoms with Crippen LogP contribution >= 0.6 is 11.6 Å². The van der Waals surface area contributed by atoms with Crippen LogP contribution in [0.5, 0.6) is 5.88 Å². The van der Waals surface area contributed by atoms with Gasteiger partial charge in [-0.1, -0.05) is 11.6 Å². The maximum atomic E-state index is 14.5. The summed E-state index contributed by atoms with van der Waals surface area (Å²) >= 11 is 5.78. The first-order valence-corrected chi connectivity index (χ1v) is 9.57. The number of anilines is 2. The molecule has 1 aromatic heterocycles. The Balaban J connectivity index is 2.09. The van der Waals surface area contributed by atoms with Crippen molar-refractivity contribution in [2.75, 3.05) is 18.6 Å². The van der Waals surface area contributed by atoms with Crippen LogP contribution in [0.4, 0.5) is 24.7 Å². The molecule has 0 bridgehead atoms. The van der Waals surface area contributed by atoms with E-state index in [0.717, 1.165) is 17.2 Å². The van der Waals surface area contributed by atoms with E-state index in [-0.39, 0.29) is 40.9 Å². The number of aromatic nitrogens is 2. The Morgan fingerprint density at radius 3 is 2.45 bits per heavy atom. The van der Waals surface area contributed by atoms with Gasteiger partial charge in [0.05, 0.1) is 30.6 Å². The number of ketones is 1. The molecule has 1 aliphatic carbocycles. The van der Waals surface area contributed by atoms with Crippen molar-refractivity contribution in [1.29, 1.82) is 0 Å². The van der Waals surface area contributed by atoms with Crippen molar-refractivity contribution < 1.29 is 32.6 Å². The van der Waals surface area contributed by atoms with Gasteiger partial charge in [0.1, 0.15) is 22.7 Å². The van der Waals surface area contributed by atoms with E-state index in [1.807, 2.05) is 0 Å². The summed E-state index contributed by atoms with van der Waals surface area (Å²) in [6.45, 7) is 2.07. The zero-order chi connectivity index (χ0) is 23.1. The number of alkyl halides is 1. The summed E-state index contributed by atoms with van der Waals surface area (Å²) in [4.78, 5) is 33.4. The van der Waals surface area contributed by atoms with E-state index in [4.69, 9.17) is 16.3 Å². The maximum Gasteiger partial charge on any atom is 0.317 e. The van der Waals surface area contributed by atoms with Crippen LogP contribution in [-0.2, 0) is 4.79 Å². The van der Waals surface area contributed by atoms with Crippen LogP contribution in [0.3, 0.4) is 0 Å². The highest BCUT2D eigenvalue weighted by Gasteiger charge is 2.58. The molecule has 31 heavy (non-hydrogen) atoms. The minimum absolute atomic E-state index is 0.110. The molecule has 0 saturated heterocycles. The minimum atomic E-state index is -1.85. The van der Waals surface area contributed by atoms with E-state index in [2.05, 4.69) is 9.97 Å². The van der Waals surface area contributed by atoms with E-state index in [1.54, 1.807) is 0 Å². The number of carboxylic acids is 1. The fourth-order valence-electron chi connectivity index (χ4n) is 3.07. The quantitative estimate of drug-likeness (QED) is 0.358. The van der Waals surface area contributed by atoms with Gasteiger partial charge >= 0.3 is 5.97 Å². The molecule has 7 nitrogen and oxygen atoms in total. The summed E-state index contributed by atoms with van der Waals surface area (Å²) in [5, 5.41) is 8.97. The number of carbonyl (C=O) groups is 2. The predicted molar refractivity (Wildman–Crippen MR) is 106 cm³/mol. The summed E-state index contributed by atoms with van der Waals surface area (Å²) in [6.07, 6.45) is 1.39. The van der Waals surface area contributed by atoms with Gasteiger partial charge in [-0.25, -0.2) is 18.2 Å². The third-order valence-corrected chi connectivity index (χ3v) is 5.11. The topological polar surface area (TPSA) is 92.6 Å². The van der Waals surface area contributed by atoms with Crippen molar-refractivity contribution in [2.45, 2.75) is 32.4 Å². The number of methoxy groups -OCH3 is 1. The molecule has 0 amide bonds. The number of carboxylic acid groups (broad SMARTS) is 1. The van der Waals surface area contributed by atoms with Gasteiger partial charge in [-0.2, -0.15) is 4.98 Å². The Labute approximate surface area is 180 Å². The third kappa shape index (κ3) is 4.43. The average Bonchev–Trinajstić information content (AvgIpc) is 3.49. The summed E-state index contributed by atoms with van der Waals surface area (Å²) in [7, 11) is 1.20. The molecule has 3 rings (SSSR count). The fraction of sp³-hybridized carbons (Fsp3) is 0.400. The lowest BCUT2D eigenvalue weighted by molar-refractivity contribution is -0.141. The van der Waals surface area contributed by atoms with Gasteiger partial charge in [-0.05, 0) is 32.8 Å². The summed E-state index contributed by atoms with van der Waals surface area (Å²) in [5.74, 6) is -4.45. The first-order chi connectivity index (χ1) is 14.4. The van der Waals surface area contributed by atoms with Gasteiger partial charge in [-0.15, -0.1) is 0 Å². The minimum Gasteiger partial charge on any atom is -0.480 e. The van der Waals surface area contributed by atoms with E-state index in [0.29, 0.717) is 6.07 Å². The molecule has 0 aliphatic heterocycles. The Morgan fingerprint density at radius 2 is 1.94 bits per heavy atom. The van der Waals surface area contributed by atoms with Crippen LogP contribution in [0.15, 0.2) is 18.3 Å². The number of hydrogen-bond acceptors (Lipinski definition) is 6. The highest BCUT2D eigenvalue weighted by Crippen LogP contribution is 2.49. The Bertz CT molecular complexity index is 1050. The molecule has 0 spiro atoms. The van der Waals surface area contributed by atoms with Crippen molar-refractivity contribution in [2.24, 2.45) is 5.41 Å². The van der Waals surface area contributed by atoms with Crippen LogP contribution < -0.4 is 9.64 Å². The van der Waals surface area contributed by atoms with Crippen molar-refractivity contribution in [3.05, 3.63) is 40.7 Å². The first kappa shape index (κ1) is 22.8.